The average molecular weight is 359 g/mol. The van der Waals surface area contributed by atoms with Crippen LogP contribution in [0.4, 0.5) is 0 Å². The highest BCUT2D eigenvalue weighted by molar-refractivity contribution is 6.31. The average Bonchev–Trinajstić information content (AvgIpc) is 2.51. The summed E-state index contributed by atoms with van der Waals surface area (Å²) in [6.45, 7) is 9.74. The van der Waals surface area contributed by atoms with Crippen molar-refractivity contribution in [1.29, 1.82) is 0 Å². The van der Waals surface area contributed by atoms with E-state index >= 15 is 0 Å². The van der Waals surface area contributed by atoms with Gasteiger partial charge in [-0.2, -0.15) is 0 Å². The zero-order chi connectivity index (χ0) is 15.6. The lowest BCUT2D eigenvalue weighted by atomic mass is 9.92. The van der Waals surface area contributed by atoms with Crippen LogP contribution in [0.5, 0.6) is 0 Å². The minimum absolute atomic E-state index is 0. The molecule has 130 valence electrons. The van der Waals surface area contributed by atoms with Crippen LogP contribution in [-0.4, -0.2) is 43.2 Å². The molecule has 2 aliphatic rings. The van der Waals surface area contributed by atoms with Gasteiger partial charge in [-0.25, -0.2) is 0 Å². The maximum Gasteiger partial charge on any atom is 0.0967 e. The van der Waals surface area contributed by atoms with E-state index in [1.54, 1.807) is 0 Å². The second kappa shape index (κ2) is 8.17. The Kier molecular flexibility index (Phi) is 6.76. The highest BCUT2D eigenvalue weighted by atomic mass is 35.5. The molecule has 2 heterocycles. The molecule has 2 saturated heterocycles. The van der Waals surface area contributed by atoms with Gasteiger partial charge in [0.25, 0.3) is 0 Å². The van der Waals surface area contributed by atoms with Crippen molar-refractivity contribution in [2.24, 2.45) is 5.92 Å². The van der Waals surface area contributed by atoms with Crippen LogP contribution in [-0.2, 0) is 4.74 Å². The van der Waals surface area contributed by atoms with Crippen LogP contribution >= 0.6 is 24.0 Å². The Morgan fingerprint density at radius 1 is 1.26 bits per heavy atom. The van der Waals surface area contributed by atoms with E-state index in [1.165, 1.54) is 19.4 Å². The van der Waals surface area contributed by atoms with Crippen molar-refractivity contribution in [2.45, 2.75) is 38.3 Å². The van der Waals surface area contributed by atoms with E-state index in [9.17, 15) is 0 Å². The van der Waals surface area contributed by atoms with E-state index in [1.807, 2.05) is 18.2 Å². The van der Waals surface area contributed by atoms with Crippen molar-refractivity contribution in [3.63, 3.8) is 0 Å². The summed E-state index contributed by atoms with van der Waals surface area (Å²) in [6.07, 6.45) is 2.65. The minimum atomic E-state index is 0. The van der Waals surface area contributed by atoms with Crippen LogP contribution < -0.4 is 5.32 Å². The molecule has 0 bridgehead atoms. The molecule has 2 aliphatic heterocycles. The number of hydrogen-bond acceptors (Lipinski definition) is 3. The number of ether oxygens (including phenoxy) is 1. The third-order valence-corrected chi connectivity index (χ3v) is 5.41. The first-order valence-electron chi connectivity index (χ1n) is 8.38. The topological polar surface area (TPSA) is 24.5 Å². The molecule has 1 aromatic carbocycles. The monoisotopic (exact) mass is 358 g/mol. The third-order valence-electron chi connectivity index (χ3n) is 5.07. The van der Waals surface area contributed by atoms with Gasteiger partial charge in [-0.05, 0) is 51.8 Å². The zero-order valence-electron chi connectivity index (χ0n) is 14.1. The first kappa shape index (κ1) is 19.0. The fraction of sp³-hybridized carbons (Fsp3) is 0.667. The predicted octanol–water partition coefficient (Wildman–Crippen LogP) is 3.91. The van der Waals surface area contributed by atoms with Gasteiger partial charge in [0.2, 0.25) is 0 Å². The standard InChI is InChI=1S/C18H27ClN2O.ClH/c1-18(2)13-22-17(15-5-3-4-6-16(15)19)12-21(18)11-14-7-9-20-10-8-14;/h3-6,14,17,20H,7-13H2,1-2H3;1H. The summed E-state index contributed by atoms with van der Waals surface area (Å²) in [5.74, 6) is 0.797. The van der Waals surface area contributed by atoms with E-state index in [0.29, 0.717) is 0 Å². The Morgan fingerprint density at radius 2 is 1.96 bits per heavy atom. The van der Waals surface area contributed by atoms with Crippen LogP contribution in [0.15, 0.2) is 24.3 Å². The second-order valence-electron chi connectivity index (χ2n) is 7.23. The van der Waals surface area contributed by atoms with E-state index in [2.05, 4.69) is 30.1 Å². The molecule has 3 nitrogen and oxygen atoms in total. The molecule has 0 aromatic heterocycles. The first-order chi connectivity index (χ1) is 10.6. The Balaban J connectivity index is 0.00000192. The van der Waals surface area contributed by atoms with E-state index in [0.717, 1.165) is 42.7 Å². The number of hydrogen-bond donors (Lipinski definition) is 1. The van der Waals surface area contributed by atoms with Crippen molar-refractivity contribution in [1.82, 2.24) is 10.2 Å². The van der Waals surface area contributed by atoms with Gasteiger partial charge >= 0.3 is 0 Å². The second-order valence-corrected chi connectivity index (χ2v) is 7.64. The molecule has 0 radical (unpaired) electrons. The third kappa shape index (κ3) is 4.61. The first-order valence-corrected chi connectivity index (χ1v) is 8.76. The van der Waals surface area contributed by atoms with Crippen LogP contribution in [0.2, 0.25) is 5.02 Å². The number of piperidine rings is 1. The molecule has 1 unspecified atom stereocenters. The summed E-state index contributed by atoms with van der Waals surface area (Å²) in [5, 5.41) is 4.27. The summed E-state index contributed by atoms with van der Waals surface area (Å²) in [5.41, 5.74) is 1.22. The van der Waals surface area contributed by atoms with Crippen LogP contribution in [0, 0.1) is 5.92 Å². The van der Waals surface area contributed by atoms with Crippen molar-refractivity contribution in [3.05, 3.63) is 34.9 Å². The fourth-order valence-corrected chi connectivity index (χ4v) is 3.78. The molecule has 5 heteroatoms. The van der Waals surface area contributed by atoms with Gasteiger partial charge in [-0.3, -0.25) is 4.90 Å². The maximum absolute atomic E-state index is 6.36. The van der Waals surface area contributed by atoms with Crippen molar-refractivity contribution >= 4 is 24.0 Å². The summed E-state index contributed by atoms with van der Waals surface area (Å²) >= 11 is 6.36. The minimum Gasteiger partial charge on any atom is -0.370 e. The van der Waals surface area contributed by atoms with Crippen LogP contribution in [0.1, 0.15) is 38.4 Å². The van der Waals surface area contributed by atoms with Gasteiger partial charge in [0, 0.05) is 29.2 Å². The molecule has 3 rings (SSSR count). The number of nitrogens with one attached hydrogen (secondary N) is 1. The van der Waals surface area contributed by atoms with Crippen molar-refractivity contribution in [2.75, 3.05) is 32.8 Å². The molecular weight excluding hydrogens is 331 g/mol. The normalized spacial score (nSPS) is 25.8. The maximum atomic E-state index is 6.36. The Hall–Kier alpha value is -0.320. The number of morpholine rings is 1. The zero-order valence-corrected chi connectivity index (χ0v) is 15.6. The van der Waals surface area contributed by atoms with E-state index in [4.69, 9.17) is 16.3 Å². The number of halogens is 2. The van der Waals surface area contributed by atoms with Gasteiger partial charge in [-0.15, -0.1) is 12.4 Å². The summed E-state index contributed by atoms with van der Waals surface area (Å²) in [6, 6.07) is 8.07. The predicted molar refractivity (Wildman–Crippen MR) is 98.6 cm³/mol. The Morgan fingerprint density at radius 3 is 2.65 bits per heavy atom. The molecule has 1 N–H and O–H groups in total. The van der Waals surface area contributed by atoms with Gasteiger partial charge in [-0.1, -0.05) is 29.8 Å². The lowest BCUT2D eigenvalue weighted by Crippen LogP contribution is -2.55. The lowest BCUT2D eigenvalue weighted by molar-refractivity contribution is -0.106. The van der Waals surface area contributed by atoms with Crippen molar-refractivity contribution in [3.8, 4) is 0 Å². The molecule has 23 heavy (non-hydrogen) atoms. The van der Waals surface area contributed by atoms with Crippen LogP contribution in [0.25, 0.3) is 0 Å². The molecular formula is C18H28Cl2N2O. The highest BCUT2D eigenvalue weighted by Gasteiger charge is 2.37. The lowest BCUT2D eigenvalue weighted by Gasteiger charge is -2.47. The number of rotatable bonds is 3. The quantitative estimate of drug-likeness (QED) is 0.886. The molecule has 2 fully saturated rings. The van der Waals surface area contributed by atoms with Crippen molar-refractivity contribution < 1.29 is 4.74 Å². The molecule has 0 amide bonds. The SMILES string of the molecule is CC1(C)COC(c2ccccc2Cl)CN1CC1CCNCC1.Cl. The molecule has 0 aliphatic carbocycles. The molecule has 0 spiro atoms. The fourth-order valence-electron chi connectivity index (χ4n) is 3.52. The van der Waals surface area contributed by atoms with Crippen LogP contribution in [0.3, 0.4) is 0 Å². The summed E-state index contributed by atoms with van der Waals surface area (Å²) in [7, 11) is 0. The molecule has 1 atom stereocenters. The van der Waals surface area contributed by atoms with Gasteiger partial charge in [0.05, 0.1) is 12.7 Å². The number of benzene rings is 1. The van der Waals surface area contributed by atoms with E-state index in [-0.39, 0.29) is 24.0 Å². The van der Waals surface area contributed by atoms with E-state index < -0.39 is 0 Å². The Labute approximate surface area is 151 Å². The van der Waals surface area contributed by atoms with Gasteiger partial charge in [0.15, 0.2) is 0 Å². The molecule has 1 aromatic rings. The highest BCUT2D eigenvalue weighted by Crippen LogP contribution is 2.34. The largest absolute Gasteiger partial charge is 0.370 e. The summed E-state index contributed by atoms with van der Waals surface area (Å²) < 4.78 is 6.14. The Bertz CT molecular complexity index is 504. The smallest absolute Gasteiger partial charge is 0.0967 e. The number of nitrogens with zero attached hydrogens (tertiary/aromatic N) is 1. The summed E-state index contributed by atoms with van der Waals surface area (Å²) in [4.78, 5) is 2.61. The van der Waals surface area contributed by atoms with Gasteiger partial charge < -0.3 is 10.1 Å². The van der Waals surface area contributed by atoms with Gasteiger partial charge in [0.1, 0.15) is 0 Å². The molecule has 0 saturated carbocycles.